The van der Waals surface area contributed by atoms with Gasteiger partial charge in [0.15, 0.2) is 0 Å². The average molecular weight is 386 g/mol. The van der Waals surface area contributed by atoms with Crippen LogP contribution in [0, 0.1) is 6.92 Å². The molecule has 2 aromatic heterocycles. The minimum Gasteiger partial charge on any atom is -0.444 e. The third-order valence-corrected chi connectivity index (χ3v) is 4.83. The second-order valence-corrected chi connectivity index (χ2v) is 8.31. The highest BCUT2D eigenvalue weighted by Gasteiger charge is 2.28. The van der Waals surface area contributed by atoms with Crippen LogP contribution in [0.2, 0.25) is 0 Å². The van der Waals surface area contributed by atoms with Crippen molar-refractivity contribution < 1.29 is 14.3 Å². The number of nitrogens with zero attached hydrogens (tertiary/aromatic N) is 4. The van der Waals surface area contributed by atoms with Gasteiger partial charge in [0.05, 0.1) is 5.69 Å². The summed E-state index contributed by atoms with van der Waals surface area (Å²) in [7, 11) is 0. The van der Waals surface area contributed by atoms with Gasteiger partial charge in [-0.25, -0.2) is 9.78 Å². The molecular weight excluding hydrogens is 356 g/mol. The Morgan fingerprint density at radius 3 is 2.50 bits per heavy atom. The molecule has 0 spiro atoms. The number of amides is 2. The number of hydrogen-bond donors (Lipinski definition) is 0. The lowest BCUT2D eigenvalue weighted by atomic mass is 10.2. The third-order valence-electron chi connectivity index (χ3n) is 4.83. The van der Waals surface area contributed by atoms with E-state index in [1.165, 1.54) is 0 Å². The van der Waals surface area contributed by atoms with Crippen molar-refractivity contribution in [1.29, 1.82) is 0 Å². The molecule has 0 atom stereocenters. The monoisotopic (exact) mass is 386 g/mol. The maximum atomic E-state index is 13.3. The zero-order chi connectivity index (χ0) is 20.5. The first kappa shape index (κ1) is 20.2. The quantitative estimate of drug-likeness (QED) is 0.794. The summed E-state index contributed by atoms with van der Waals surface area (Å²) in [5, 5.41) is 0. The number of rotatable bonds is 2. The molecule has 0 N–H and O–H groups in total. The number of imidazole rings is 1. The van der Waals surface area contributed by atoms with Gasteiger partial charge in [0.2, 0.25) is 0 Å². The van der Waals surface area contributed by atoms with Gasteiger partial charge in [-0.1, -0.05) is 6.92 Å². The van der Waals surface area contributed by atoms with Crippen LogP contribution in [0.25, 0.3) is 5.65 Å². The number of ether oxygens (including phenoxy) is 1. The molecule has 0 bridgehead atoms. The van der Waals surface area contributed by atoms with Crippen molar-refractivity contribution in [1.82, 2.24) is 19.2 Å². The molecule has 2 aromatic rings. The number of carbonyl (C=O) groups is 2. The minimum atomic E-state index is -0.524. The minimum absolute atomic E-state index is 0.0285. The van der Waals surface area contributed by atoms with Crippen LogP contribution >= 0.6 is 0 Å². The normalized spacial score (nSPS) is 15.6. The van der Waals surface area contributed by atoms with Gasteiger partial charge in [0.25, 0.3) is 5.91 Å². The second-order valence-electron chi connectivity index (χ2n) is 8.31. The Balaban J connectivity index is 1.79. The van der Waals surface area contributed by atoms with Crippen molar-refractivity contribution in [2.75, 3.05) is 26.2 Å². The molecule has 1 aliphatic heterocycles. The van der Waals surface area contributed by atoms with Gasteiger partial charge in [-0.05, 0) is 58.2 Å². The number of fused-ring (bicyclic) bond motifs is 1. The van der Waals surface area contributed by atoms with E-state index in [2.05, 4.69) is 4.98 Å². The Labute approximate surface area is 166 Å². The Morgan fingerprint density at radius 2 is 1.82 bits per heavy atom. The number of aromatic nitrogens is 2. The maximum Gasteiger partial charge on any atom is 0.410 e. The first-order valence-corrected chi connectivity index (χ1v) is 9.94. The molecule has 3 heterocycles. The first-order chi connectivity index (χ1) is 13.2. The van der Waals surface area contributed by atoms with Gasteiger partial charge in [-0.3, -0.25) is 9.20 Å². The molecule has 0 radical (unpaired) electrons. The maximum absolute atomic E-state index is 13.3. The summed E-state index contributed by atoms with van der Waals surface area (Å²) >= 11 is 0. The van der Waals surface area contributed by atoms with Crippen molar-refractivity contribution in [3.8, 4) is 0 Å². The lowest BCUT2D eigenvalue weighted by molar-refractivity contribution is 0.0255. The third kappa shape index (κ3) is 4.29. The van der Waals surface area contributed by atoms with E-state index >= 15 is 0 Å². The highest BCUT2D eigenvalue weighted by atomic mass is 16.6. The molecule has 1 fully saturated rings. The largest absolute Gasteiger partial charge is 0.444 e. The highest BCUT2D eigenvalue weighted by molar-refractivity contribution is 5.95. The van der Waals surface area contributed by atoms with Crippen molar-refractivity contribution in [2.45, 2.75) is 53.1 Å². The molecular formula is C21H30N4O3. The first-order valence-electron chi connectivity index (χ1n) is 9.94. The van der Waals surface area contributed by atoms with E-state index in [4.69, 9.17) is 4.74 Å². The summed E-state index contributed by atoms with van der Waals surface area (Å²) in [6.45, 7) is 11.8. The smallest absolute Gasteiger partial charge is 0.410 e. The van der Waals surface area contributed by atoms with E-state index in [0.717, 1.165) is 23.3 Å². The molecule has 7 heteroatoms. The fourth-order valence-electron chi connectivity index (χ4n) is 3.45. The van der Waals surface area contributed by atoms with Gasteiger partial charge < -0.3 is 14.5 Å². The molecule has 0 unspecified atom stereocenters. The van der Waals surface area contributed by atoms with Crippen LogP contribution in [-0.4, -0.2) is 63.0 Å². The van der Waals surface area contributed by atoms with Crippen molar-refractivity contribution >= 4 is 17.6 Å². The van der Waals surface area contributed by atoms with Crippen molar-refractivity contribution in [3.05, 3.63) is 35.3 Å². The summed E-state index contributed by atoms with van der Waals surface area (Å²) in [5.74, 6) is -0.0285. The van der Waals surface area contributed by atoms with Gasteiger partial charge >= 0.3 is 6.09 Å². The van der Waals surface area contributed by atoms with Crippen LogP contribution in [0.4, 0.5) is 4.79 Å². The molecule has 152 valence electrons. The lowest BCUT2D eigenvalue weighted by Gasteiger charge is -2.26. The Hall–Kier alpha value is -2.57. The number of carbonyl (C=O) groups excluding carboxylic acids is 2. The van der Waals surface area contributed by atoms with E-state index in [-0.39, 0.29) is 12.0 Å². The van der Waals surface area contributed by atoms with Crippen LogP contribution in [-0.2, 0) is 11.2 Å². The number of pyridine rings is 1. The predicted molar refractivity (Wildman–Crippen MR) is 108 cm³/mol. The number of hydrogen-bond acceptors (Lipinski definition) is 4. The lowest BCUT2D eigenvalue weighted by Crippen LogP contribution is -2.40. The average Bonchev–Trinajstić information content (AvgIpc) is 2.79. The summed E-state index contributed by atoms with van der Waals surface area (Å²) in [6.07, 6.45) is 3.01. The molecule has 3 rings (SSSR count). The van der Waals surface area contributed by atoms with Crippen molar-refractivity contribution in [2.24, 2.45) is 0 Å². The van der Waals surface area contributed by atoms with Crippen LogP contribution in [0.15, 0.2) is 18.3 Å². The summed E-state index contributed by atoms with van der Waals surface area (Å²) < 4.78 is 7.36. The molecule has 0 saturated carbocycles. The van der Waals surface area contributed by atoms with E-state index in [1.807, 2.05) is 62.2 Å². The SMILES string of the molecule is CCc1nc2cc(C)ccn2c1C(=O)N1CCCN(C(=O)OC(C)(C)C)CC1. The second kappa shape index (κ2) is 7.81. The molecule has 0 aliphatic carbocycles. The fourth-order valence-corrected chi connectivity index (χ4v) is 3.45. The highest BCUT2D eigenvalue weighted by Crippen LogP contribution is 2.19. The summed E-state index contributed by atoms with van der Waals surface area (Å²) in [5.41, 5.74) is 2.82. The van der Waals surface area contributed by atoms with Crippen LogP contribution in [0.5, 0.6) is 0 Å². The molecule has 7 nitrogen and oxygen atoms in total. The van der Waals surface area contributed by atoms with Crippen LogP contribution < -0.4 is 0 Å². The topological polar surface area (TPSA) is 67.2 Å². The van der Waals surface area contributed by atoms with E-state index in [1.54, 1.807) is 4.90 Å². The van der Waals surface area contributed by atoms with Gasteiger partial charge in [-0.2, -0.15) is 0 Å². The molecule has 28 heavy (non-hydrogen) atoms. The molecule has 1 aliphatic rings. The summed E-state index contributed by atoms with van der Waals surface area (Å²) in [6, 6.07) is 3.97. The zero-order valence-electron chi connectivity index (χ0n) is 17.5. The molecule has 1 saturated heterocycles. The zero-order valence-corrected chi connectivity index (χ0v) is 17.5. The fraction of sp³-hybridized carbons (Fsp3) is 0.571. The Kier molecular flexibility index (Phi) is 5.63. The number of aryl methyl sites for hydroxylation is 2. The molecule has 2 amide bonds. The molecule has 0 aromatic carbocycles. The van der Waals surface area contributed by atoms with E-state index in [0.29, 0.717) is 38.3 Å². The van der Waals surface area contributed by atoms with Crippen LogP contribution in [0.3, 0.4) is 0 Å². The van der Waals surface area contributed by atoms with Crippen molar-refractivity contribution in [3.63, 3.8) is 0 Å². The summed E-state index contributed by atoms with van der Waals surface area (Å²) in [4.78, 5) is 33.9. The van der Waals surface area contributed by atoms with Gasteiger partial charge in [-0.15, -0.1) is 0 Å². The van der Waals surface area contributed by atoms with Gasteiger partial charge in [0.1, 0.15) is 16.9 Å². The van der Waals surface area contributed by atoms with E-state index < -0.39 is 5.60 Å². The van der Waals surface area contributed by atoms with E-state index in [9.17, 15) is 9.59 Å². The Morgan fingerprint density at radius 1 is 1.14 bits per heavy atom. The van der Waals surface area contributed by atoms with Gasteiger partial charge in [0, 0.05) is 32.4 Å². The predicted octanol–water partition coefficient (Wildman–Crippen LogP) is 3.29. The van der Waals surface area contributed by atoms with Crippen LogP contribution in [0.1, 0.15) is 55.9 Å². The standard InChI is InChI=1S/C21H30N4O3/c1-6-16-18(25-11-8-15(2)14-17(25)22-16)19(26)23-9-7-10-24(13-12-23)20(27)28-21(3,4)5/h8,11,14H,6-7,9-10,12-13H2,1-5H3. The Bertz CT molecular complexity index is 882.